The first-order valence-electron chi connectivity index (χ1n) is 12.3. The van der Waals surface area contributed by atoms with Gasteiger partial charge in [0.1, 0.15) is 0 Å². The largest absolute Gasteiger partial charge is 0.352 e. The number of carbonyl (C=O) groups is 1. The number of aryl methyl sites for hydroxylation is 1. The minimum Gasteiger partial charge on any atom is -0.352 e. The lowest BCUT2D eigenvalue weighted by Crippen LogP contribution is -2.48. The second-order valence-corrected chi connectivity index (χ2v) is 11.2. The Morgan fingerprint density at radius 3 is 2.47 bits per heavy atom. The van der Waals surface area contributed by atoms with Crippen LogP contribution < -0.4 is 5.32 Å². The smallest absolute Gasteiger partial charge is 0.251 e. The van der Waals surface area contributed by atoms with Crippen molar-refractivity contribution in [1.29, 1.82) is 0 Å². The lowest BCUT2D eigenvalue weighted by Gasteiger charge is -2.34. The van der Waals surface area contributed by atoms with E-state index in [1.807, 2.05) is 43.3 Å². The van der Waals surface area contributed by atoms with Crippen LogP contribution in [0, 0.1) is 6.92 Å². The highest BCUT2D eigenvalue weighted by Gasteiger charge is 2.28. The number of rotatable bonds is 8. The third-order valence-corrected chi connectivity index (χ3v) is 8.61. The van der Waals surface area contributed by atoms with Gasteiger partial charge in [-0.05, 0) is 68.9 Å². The van der Waals surface area contributed by atoms with Crippen LogP contribution in [0.3, 0.4) is 0 Å². The molecule has 4 rings (SSSR count). The molecule has 0 aromatic heterocycles. The Balaban J connectivity index is 1.27. The molecule has 0 atom stereocenters. The maximum absolute atomic E-state index is 12.9. The summed E-state index contributed by atoms with van der Waals surface area (Å²) in [5.41, 5.74) is 4.25. The van der Waals surface area contributed by atoms with Crippen molar-refractivity contribution in [1.82, 2.24) is 14.5 Å². The van der Waals surface area contributed by atoms with E-state index in [1.54, 1.807) is 16.4 Å². The van der Waals surface area contributed by atoms with Crippen LogP contribution in [-0.2, 0) is 16.6 Å². The van der Waals surface area contributed by atoms with Crippen LogP contribution in [0.2, 0.25) is 0 Å². The molecule has 0 saturated carbocycles. The van der Waals surface area contributed by atoms with Crippen molar-refractivity contribution in [3.05, 3.63) is 76.9 Å². The number of sulfonamides is 1. The number of amides is 1. The fourth-order valence-electron chi connectivity index (χ4n) is 4.63. The van der Waals surface area contributed by atoms with Gasteiger partial charge < -0.3 is 5.32 Å². The van der Waals surface area contributed by atoms with Crippen LogP contribution in [0.1, 0.15) is 53.6 Å². The second-order valence-electron chi connectivity index (χ2n) is 9.31. The van der Waals surface area contributed by atoms with Crippen molar-refractivity contribution in [2.75, 3.05) is 32.7 Å². The molecular weight excluding hydrogens is 446 g/mol. The van der Waals surface area contributed by atoms with Crippen LogP contribution in [0.25, 0.3) is 0 Å². The van der Waals surface area contributed by atoms with Crippen molar-refractivity contribution in [3.63, 3.8) is 0 Å². The molecule has 1 saturated heterocycles. The van der Waals surface area contributed by atoms with Gasteiger partial charge in [-0.15, -0.1) is 0 Å². The summed E-state index contributed by atoms with van der Waals surface area (Å²) in [7, 11) is -3.46. The standard InChI is InChI=1S/C27H35N3O3S/c1-22-10-12-26(13-11-22)34(32,33)30-18-16-29(17-19-30)21-24-8-5-9-25(20-24)27(31)28-15-14-23-6-3-2-4-7-23/h5-6,8-13,20H,2-4,7,14-19,21H2,1H3,(H,28,31). The highest BCUT2D eigenvalue weighted by atomic mass is 32.2. The number of nitrogens with zero attached hydrogens (tertiary/aromatic N) is 2. The zero-order chi connectivity index (χ0) is 24.0. The van der Waals surface area contributed by atoms with Crippen molar-refractivity contribution in [2.45, 2.75) is 50.5 Å². The molecule has 1 aliphatic carbocycles. The van der Waals surface area contributed by atoms with E-state index in [4.69, 9.17) is 0 Å². The molecule has 7 heteroatoms. The number of carbonyl (C=O) groups excluding carboxylic acids is 1. The normalized spacial score (nSPS) is 17.9. The van der Waals surface area contributed by atoms with Gasteiger partial charge in [0.25, 0.3) is 5.91 Å². The van der Waals surface area contributed by atoms with E-state index < -0.39 is 10.0 Å². The Kier molecular flexibility index (Phi) is 8.19. The summed E-state index contributed by atoms with van der Waals surface area (Å²) >= 11 is 0. The Bertz CT molecular complexity index is 1120. The molecule has 2 aliphatic rings. The number of hydrogen-bond acceptors (Lipinski definition) is 4. The first-order chi connectivity index (χ1) is 16.4. The molecule has 0 bridgehead atoms. The summed E-state index contributed by atoms with van der Waals surface area (Å²) in [5, 5.41) is 3.05. The van der Waals surface area contributed by atoms with Gasteiger partial charge in [0.05, 0.1) is 4.90 Å². The van der Waals surface area contributed by atoms with Crippen molar-refractivity contribution in [2.24, 2.45) is 0 Å². The predicted molar refractivity (Wildman–Crippen MR) is 135 cm³/mol. The first-order valence-corrected chi connectivity index (χ1v) is 13.7. The molecule has 0 unspecified atom stereocenters. The zero-order valence-electron chi connectivity index (χ0n) is 20.0. The molecule has 1 fully saturated rings. The van der Waals surface area contributed by atoms with Gasteiger partial charge >= 0.3 is 0 Å². The molecule has 34 heavy (non-hydrogen) atoms. The maximum Gasteiger partial charge on any atom is 0.251 e. The van der Waals surface area contributed by atoms with Gasteiger partial charge in [-0.1, -0.05) is 41.5 Å². The molecule has 0 spiro atoms. The number of benzene rings is 2. The lowest BCUT2D eigenvalue weighted by molar-refractivity contribution is 0.0953. The van der Waals surface area contributed by atoms with Crippen LogP contribution in [0.5, 0.6) is 0 Å². The van der Waals surface area contributed by atoms with E-state index >= 15 is 0 Å². The van der Waals surface area contributed by atoms with Gasteiger partial charge in [0.15, 0.2) is 0 Å². The van der Waals surface area contributed by atoms with Gasteiger partial charge in [-0.25, -0.2) is 8.42 Å². The van der Waals surface area contributed by atoms with Gasteiger partial charge in [-0.3, -0.25) is 9.69 Å². The maximum atomic E-state index is 12.9. The zero-order valence-corrected chi connectivity index (χ0v) is 20.8. The molecule has 1 aliphatic heterocycles. The number of piperazine rings is 1. The van der Waals surface area contributed by atoms with Crippen LogP contribution in [-0.4, -0.2) is 56.3 Å². The highest BCUT2D eigenvalue weighted by Crippen LogP contribution is 2.20. The Labute approximate surface area is 203 Å². The summed E-state index contributed by atoms with van der Waals surface area (Å²) in [6, 6.07) is 14.8. The Morgan fingerprint density at radius 1 is 1.00 bits per heavy atom. The monoisotopic (exact) mass is 481 g/mol. The van der Waals surface area contributed by atoms with Crippen molar-refractivity contribution in [3.8, 4) is 0 Å². The predicted octanol–water partition coefficient (Wildman–Crippen LogP) is 4.12. The van der Waals surface area contributed by atoms with Crippen LogP contribution in [0.4, 0.5) is 0 Å². The summed E-state index contributed by atoms with van der Waals surface area (Å²) in [5.74, 6) is -0.0349. The average molecular weight is 482 g/mol. The third kappa shape index (κ3) is 6.34. The quantitative estimate of drug-likeness (QED) is 0.576. The number of allylic oxidation sites excluding steroid dienone is 1. The van der Waals surface area contributed by atoms with Crippen molar-refractivity contribution >= 4 is 15.9 Å². The summed E-state index contributed by atoms with van der Waals surface area (Å²) < 4.78 is 27.4. The van der Waals surface area contributed by atoms with Crippen LogP contribution >= 0.6 is 0 Å². The van der Waals surface area contributed by atoms with E-state index in [2.05, 4.69) is 16.3 Å². The molecular formula is C27H35N3O3S. The fourth-order valence-corrected chi connectivity index (χ4v) is 6.05. The van der Waals surface area contributed by atoms with Crippen molar-refractivity contribution < 1.29 is 13.2 Å². The SMILES string of the molecule is Cc1ccc(S(=O)(=O)N2CCN(Cc3cccc(C(=O)NCCC4=CCCCC4)c3)CC2)cc1. The molecule has 1 amide bonds. The van der Waals surface area contributed by atoms with E-state index in [0.717, 1.165) is 30.4 Å². The molecule has 182 valence electrons. The summed E-state index contributed by atoms with van der Waals surface area (Å²) in [6.07, 6.45) is 8.11. The average Bonchev–Trinajstić information content (AvgIpc) is 2.85. The minimum atomic E-state index is -3.46. The first kappa shape index (κ1) is 24.6. The van der Waals surface area contributed by atoms with Gasteiger partial charge in [0.2, 0.25) is 10.0 Å². The Hall–Kier alpha value is -2.48. The minimum absolute atomic E-state index is 0.0349. The molecule has 6 nitrogen and oxygen atoms in total. The van der Waals surface area contributed by atoms with E-state index in [9.17, 15) is 13.2 Å². The van der Waals surface area contributed by atoms with Gasteiger partial charge in [-0.2, -0.15) is 4.31 Å². The van der Waals surface area contributed by atoms with Crippen LogP contribution in [0.15, 0.2) is 65.1 Å². The highest BCUT2D eigenvalue weighted by molar-refractivity contribution is 7.89. The van der Waals surface area contributed by atoms with Gasteiger partial charge in [0, 0.05) is 44.8 Å². The second kappa shape index (κ2) is 11.3. The number of hydrogen-bond donors (Lipinski definition) is 1. The lowest BCUT2D eigenvalue weighted by atomic mass is 9.97. The molecule has 2 aromatic rings. The Morgan fingerprint density at radius 2 is 1.76 bits per heavy atom. The topological polar surface area (TPSA) is 69.7 Å². The molecule has 1 heterocycles. The molecule has 0 radical (unpaired) electrons. The summed E-state index contributed by atoms with van der Waals surface area (Å²) in [4.78, 5) is 15.2. The fraction of sp³-hybridized carbons (Fsp3) is 0.444. The summed E-state index contributed by atoms with van der Waals surface area (Å²) in [6.45, 7) is 5.58. The van der Waals surface area contributed by atoms with E-state index in [0.29, 0.717) is 49.7 Å². The molecule has 1 N–H and O–H groups in total. The number of nitrogens with one attached hydrogen (secondary N) is 1. The van der Waals surface area contributed by atoms with E-state index in [1.165, 1.54) is 18.4 Å². The van der Waals surface area contributed by atoms with E-state index in [-0.39, 0.29) is 5.91 Å². The third-order valence-electron chi connectivity index (χ3n) is 6.70. The molecule has 2 aromatic carbocycles.